The molecule has 0 unspecified atom stereocenters. The number of nitrogens with one attached hydrogen (secondary N) is 1. The van der Waals surface area contributed by atoms with E-state index in [0.717, 1.165) is 6.07 Å². The zero-order chi connectivity index (χ0) is 13.3. The lowest BCUT2D eigenvalue weighted by atomic mass is 10.2. The minimum atomic E-state index is -0.705. The van der Waals surface area contributed by atoms with E-state index in [0.29, 0.717) is 16.4 Å². The van der Waals surface area contributed by atoms with Crippen LogP contribution in [0.15, 0.2) is 34.8 Å². The van der Waals surface area contributed by atoms with Gasteiger partial charge in [0.2, 0.25) is 0 Å². The first-order valence-corrected chi connectivity index (χ1v) is 6.11. The standard InChI is InChI=1S/C12H8BrClF2N2/c13-7-4-12(10(16)5-9(7)15)18-11-2-1-6(17)3-8(11)14/h1-5,18H,17H2. The van der Waals surface area contributed by atoms with Crippen molar-refractivity contribution in [3.05, 3.63) is 51.5 Å². The minimum absolute atomic E-state index is 0.120. The largest absolute Gasteiger partial charge is 0.399 e. The molecule has 94 valence electrons. The van der Waals surface area contributed by atoms with Crippen molar-refractivity contribution < 1.29 is 8.78 Å². The average molecular weight is 334 g/mol. The predicted octanol–water partition coefficient (Wildman–Crippen LogP) is 4.71. The van der Waals surface area contributed by atoms with Gasteiger partial charge in [-0.15, -0.1) is 0 Å². The summed E-state index contributed by atoms with van der Waals surface area (Å²) in [5.41, 5.74) is 6.67. The summed E-state index contributed by atoms with van der Waals surface area (Å²) in [5, 5.41) is 3.13. The summed E-state index contributed by atoms with van der Waals surface area (Å²) in [6, 6.07) is 6.88. The summed E-state index contributed by atoms with van der Waals surface area (Å²) in [6.45, 7) is 0. The molecule has 0 saturated carbocycles. The Morgan fingerprint density at radius 2 is 1.78 bits per heavy atom. The molecule has 2 rings (SSSR count). The van der Waals surface area contributed by atoms with Crippen molar-refractivity contribution in [2.24, 2.45) is 0 Å². The van der Waals surface area contributed by atoms with Crippen LogP contribution in [0.2, 0.25) is 5.02 Å². The highest BCUT2D eigenvalue weighted by atomic mass is 79.9. The molecule has 6 heteroatoms. The molecule has 0 atom stereocenters. The Morgan fingerprint density at radius 1 is 1.06 bits per heavy atom. The summed E-state index contributed by atoms with van der Waals surface area (Å²) in [7, 11) is 0. The van der Waals surface area contributed by atoms with Crippen LogP contribution >= 0.6 is 27.5 Å². The van der Waals surface area contributed by atoms with Gasteiger partial charge < -0.3 is 11.1 Å². The first kappa shape index (κ1) is 13.1. The van der Waals surface area contributed by atoms with Crippen LogP contribution < -0.4 is 11.1 Å². The van der Waals surface area contributed by atoms with E-state index in [4.69, 9.17) is 17.3 Å². The van der Waals surface area contributed by atoms with Crippen molar-refractivity contribution in [3.63, 3.8) is 0 Å². The van der Waals surface area contributed by atoms with Crippen molar-refractivity contribution in [1.29, 1.82) is 0 Å². The van der Waals surface area contributed by atoms with Crippen molar-refractivity contribution in [3.8, 4) is 0 Å². The first-order valence-electron chi connectivity index (χ1n) is 4.94. The van der Waals surface area contributed by atoms with Crippen molar-refractivity contribution >= 4 is 44.6 Å². The Kier molecular flexibility index (Phi) is 3.73. The fourth-order valence-corrected chi connectivity index (χ4v) is 1.98. The topological polar surface area (TPSA) is 38.0 Å². The smallest absolute Gasteiger partial charge is 0.149 e. The zero-order valence-corrected chi connectivity index (χ0v) is 11.3. The molecule has 0 radical (unpaired) electrons. The third kappa shape index (κ3) is 2.73. The number of rotatable bonds is 2. The van der Waals surface area contributed by atoms with Gasteiger partial charge in [-0.2, -0.15) is 0 Å². The molecule has 0 fully saturated rings. The maximum atomic E-state index is 13.5. The Hall–Kier alpha value is -1.33. The molecule has 0 aliphatic heterocycles. The highest BCUT2D eigenvalue weighted by Crippen LogP contribution is 2.30. The number of anilines is 3. The van der Waals surface area contributed by atoms with Crippen molar-refractivity contribution in [2.45, 2.75) is 0 Å². The van der Waals surface area contributed by atoms with Crippen molar-refractivity contribution in [2.75, 3.05) is 11.1 Å². The zero-order valence-electron chi connectivity index (χ0n) is 8.98. The molecule has 0 bridgehead atoms. The molecule has 0 heterocycles. The van der Waals surface area contributed by atoms with Gasteiger partial charge in [-0.1, -0.05) is 11.6 Å². The van der Waals surface area contributed by atoms with Gasteiger partial charge in [-0.05, 0) is 40.2 Å². The van der Waals surface area contributed by atoms with Crippen molar-refractivity contribution in [1.82, 2.24) is 0 Å². The molecule has 0 spiro atoms. The maximum Gasteiger partial charge on any atom is 0.149 e. The highest BCUT2D eigenvalue weighted by Gasteiger charge is 2.09. The molecule has 0 aromatic heterocycles. The van der Waals surface area contributed by atoms with E-state index < -0.39 is 11.6 Å². The van der Waals surface area contributed by atoms with Crippen LogP contribution in [0.5, 0.6) is 0 Å². The molecule has 0 aliphatic rings. The normalized spacial score (nSPS) is 10.4. The lowest BCUT2D eigenvalue weighted by Crippen LogP contribution is -1.97. The maximum absolute atomic E-state index is 13.5. The van der Waals surface area contributed by atoms with Crippen LogP contribution in [-0.4, -0.2) is 0 Å². The van der Waals surface area contributed by atoms with Gasteiger partial charge in [-0.25, -0.2) is 8.78 Å². The summed E-state index contributed by atoms with van der Waals surface area (Å²) in [6.07, 6.45) is 0. The number of benzene rings is 2. The Balaban J connectivity index is 2.37. The summed E-state index contributed by atoms with van der Waals surface area (Å²) >= 11 is 8.94. The third-order valence-electron chi connectivity index (χ3n) is 2.27. The molecule has 0 aliphatic carbocycles. The van der Waals surface area contributed by atoms with Crippen LogP contribution in [0, 0.1) is 11.6 Å². The van der Waals surface area contributed by atoms with Gasteiger partial charge in [0.05, 0.1) is 20.9 Å². The average Bonchev–Trinajstić information content (AvgIpc) is 2.29. The molecule has 0 saturated heterocycles. The Morgan fingerprint density at radius 3 is 2.44 bits per heavy atom. The molecular weight excluding hydrogens is 325 g/mol. The molecule has 18 heavy (non-hydrogen) atoms. The van der Waals surface area contributed by atoms with Gasteiger partial charge in [0.25, 0.3) is 0 Å². The molecule has 2 aromatic carbocycles. The van der Waals surface area contributed by atoms with Crippen LogP contribution in [0.3, 0.4) is 0 Å². The molecule has 0 amide bonds. The van der Waals surface area contributed by atoms with E-state index in [1.165, 1.54) is 6.07 Å². The van der Waals surface area contributed by atoms with E-state index >= 15 is 0 Å². The van der Waals surface area contributed by atoms with Gasteiger partial charge in [0, 0.05) is 11.8 Å². The second kappa shape index (κ2) is 5.12. The lowest BCUT2D eigenvalue weighted by Gasteiger charge is -2.10. The summed E-state index contributed by atoms with van der Waals surface area (Å²) in [4.78, 5) is 0. The predicted molar refractivity (Wildman–Crippen MR) is 73.2 cm³/mol. The van der Waals surface area contributed by atoms with Crippen LogP contribution in [0.25, 0.3) is 0 Å². The van der Waals surface area contributed by atoms with E-state index in [-0.39, 0.29) is 10.2 Å². The number of nitrogen functional groups attached to an aromatic ring is 1. The SMILES string of the molecule is Nc1ccc(Nc2cc(Br)c(F)cc2F)c(Cl)c1. The second-order valence-electron chi connectivity index (χ2n) is 3.61. The molecule has 3 N–H and O–H groups in total. The summed E-state index contributed by atoms with van der Waals surface area (Å²) < 4.78 is 26.8. The number of nitrogens with two attached hydrogens (primary N) is 1. The molecular formula is C12H8BrClF2N2. The van der Waals surface area contributed by atoms with E-state index in [1.54, 1.807) is 18.2 Å². The monoisotopic (exact) mass is 332 g/mol. The van der Waals surface area contributed by atoms with Crippen LogP contribution in [-0.2, 0) is 0 Å². The molecule has 2 nitrogen and oxygen atoms in total. The lowest BCUT2D eigenvalue weighted by molar-refractivity contribution is 0.581. The fourth-order valence-electron chi connectivity index (χ4n) is 1.40. The number of hydrogen-bond acceptors (Lipinski definition) is 2. The third-order valence-corrected chi connectivity index (χ3v) is 3.19. The number of hydrogen-bond donors (Lipinski definition) is 2. The molecule has 2 aromatic rings. The quantitative estimate of drug-likeness (QED) is 0.617. The van der Waals surface area contributed by atoms with Gasteiger partial charge in [-0.3, -0.25) is 0 Å². The Labute approximate surface area is 116 Å². The fraction of sp³-hybridized carbons (Fsp3) is 0. The summed E-state index contributed by atoms with van der Waals surface area (Å²) in [5.74, 6) is -1.37. The van der Waals surface area contributed by atoms with E-state index in [9.17, 15) is 8.78 Å². The van der Waals surface area contributed by atoms with E-state index in [1.807, 2.05) is 0 Å². The minimum Gasteiger partial charge on any atom is -0.399 e. The Bertz CT molecular complexity index is 605. The van der Waals surface area contributed by atoms with Crippen LogP contribution in [0.4, 0.5) is 25.8 Å². The van der Waals surface area contributed by atoms with E-state index in [2.05, 4.69) is 21.2 Å². The highest BCUT2D eigenvalue weighted by molar-refractivity contribution is 9.10. The van der Waals surface area contributed by atoms with Crippen LogP contribution in [0.1, 0.15) is 0 Å². The van der Waals surface area contributed by atoms with Gasteiger partial charge in [0.1, 0.15) is 11.6 Å². The first-order chi connectivity index (χ1) is 8.47. The van der Waals surface area contributed by atoms with Gasteiger partial charge >= 0.3 is 0 Å². The number of halogens is 4. The van der Waals surface area contributed by atoms with Gasteiger partial charge in [0.15, 0.2) is 0 Å². The second-order valence-corrected chi connectivity index (χ2v) is 4.87.